The average molecular weight is 445 g/mol. The summed E-state index contributed by atoms with van der Waals surface area (Å²) in [5.41, 5.74) is 0.467. The number of pyridine rings is 1. The standard InChI is InChI=1S/C23H17F2N7O/c1-11-15(25)8-13-18(31-32(21(13)27-11)10-12-6-4-5-7-14(12)24)20-28-16(9-26)17-19(29-20)30-22(33)23(17,2)3/h4-8H,10H2,1-3H3,(H,28,29,30,33). The normalized spacial score (nSPS) is 14.2. The number of nitrogens with zero attached hydrogens (tertiary/aromatic N) is 6. The summed E-state index contributed by atoms with van der Waals surface area (Å²) in [7, 11) is 0. The molecule has 10 heteroatoms. The summed E-state index contributed by atoms with van der Waals surface area (Å²) >= 11 is 0. The van der Waals surface area contributed by atoms with Crippen LogP contribution in [0.4, 0.5) is 14.6 Å². The van der Waals surface area contributed by atoms with Gasteiger partial charge in [-0.05, 0) is 32.9 Å². The largest absolute Gasteiger partial charge is 0.310 e. The summed E-state index contributed by atoms with van der Waals surface area (Å²) in [5.74, 6) is -1.02. The second-order valence-corrected chi connectivity index (χ2v) is 8.33. The number of rotatable bonds is 3. The van der Waals surface area contributed by atoms with Crippen LogP contribution in [0.5, 0.6) is 0 Å². The Balaban J connectivity index is 1.74. The third-order valence-corrected chi connectivity index (χ3v) is 5.78. The zero-order chi connectivity index (χ0) is 23.5. The highest BCUT2D eigenvalue weighted by molar-refractivity contribution is 6.05. The molecule has 0 radical (unpaired) electrons. The second kappa shape index (κ2) is 7.13. The molecule has 0 spiro atoms. The average Bonchev–Trinajstić information content (AvgIpc) is 3.23. The van der Waals surface area contributed by atoms with Gasteiger partial charge in [0.2, 0.25) is 5.91 Å². The maximum Gasteiger partial charge on any atom is 0.235 e. The first-order valence-corrected chi connectivity index (χ1v) is 10.1. The van der Waals surface area contributed by atoms with E-state index < -0.39 is 17.0 Å². The summed E-state index contributed by atoms with van der Waals surface area (Å²) < 4.78 is 30.2. The van der Waals surface area contributed by atoms with Gasteiger partial charge in [-0.3, -0.25) is 4.79 Å². The van der Waals surface area contributed by atoms with Crippen molar-refractivity contribution < 1.29 is 13.6 Å². The van der Waals surface area contributed by atoms with E-state index in [1.165, 1.54) is 23.7 Å². The predicted molar refractivity (Wildman–Crippen MR) is 115 cm³/mol. The zero-order valence-corrected chi connectivity index (χ0v) is 17.9. The van der Waals surface area contributed by atoms with Gasteiger partial charge in [0.25, 0.3) is 0 Å². The van der Waals surface area contributed by atoms with Crippen LogP contribution < -0.4 is 5.32 Å². The summed E-state index contributed by atoms with van der Waals surface area (Å²) in [6, 6.07) is 9.54. The van der Waals surface area contributed by atoms with E-state index in [4.69, 9.17) is 0 Å². The Morgan fingerprint density at radius 3 is 2.64 bits per heavy atom. The Morgan fingerprint density at radius 2 is 1.91 bits per heavy atom. The highest BCUT2D eigenvalue weighted by Gasteiger charge is 2.43. The van der Waals surface area contributed by atoms with Crippen LogP contribution in [0.15, 0.2) is 30.3 Å². The molecule has 0 saturated heterocycles. The lowest BCUT2D eigenvalue weighted by molar-refractivity contribution is -0.119. The van der Waals surface area contributed by atoms with Crippen LogP contribution in [-0.2, 0) is 16.8 Å². The van der Waals surface area contributed by atoms with Gasteiger partial charge in [-0.15, -0.1) is 0 Å². The molecule has 5 rings (SSSR count). The van der Waals surface area contributed by atoms with Gasteiger partial charge in [-0.25, -0.2) is 28.4 Å². The Bertz CT molecular complexity index is 1520. The smallest absolute Gasteiger partial charge is 0.235 e. The van der Waals surface area contributed by atoms with Gasteiger partial charge in [-0.2, -0.15) is 10.4 Å². The van der Waals surface area contributed by atoms with Gasteiger partial charge in [0.1, 0.15) is 29.2 Å². The van der Waals surface area contributed by atoms with E-state index in [-0.39, 0.29) is 41.2 Å². The van der Waals surface area contributed by atoms with Gasteiger partial charge < -0.3 is 5.32 Å². The van der Waals surface area contributed by atoms with Crippen LogP contribution in [0.3, 0.4) is 0 Å². The summed E-state index contributed by atoms with van der Waals surface area (Å²) in [6.07, 6.45) is 0. The first-order chi connectivity index (χ1) is 15.7. The van der Waals surface area contributed by atoms with E-state index in [9.17, 15) is 18.8 Å². The van der Waals surface area contributed by atoms with Crippen molar-refractivity contribution in [2.24, 2.45) is 0 Å². The van der Waals surface area contributed by atoms with E-state index >= 15 is 0 Å². The van der Waals surface area contributed by atoms with Crippen molar-refractivity contribution in [2.45, 2.75) is 32.7 Å². The molecule has 1 N–H and O–H groups in total. The summed E-state index contributed by atoms with van der Waals surface area (Å²) in [4.78, 5) is 25.5. The number of fused-ring (bicyclic) bond motifs is 2. The predicted octanol–water partition coefficient (Wildman–Crippen LogP) is 3.62. The van der Waals surface area contributed by atoms with Crippen LogP contribution in [0.25, 0.3) is 22.6 Å². The number of anilines is 1. The molecule has 164 valence electrons. The lowest BCUT2D eigenvalue weighted by atomic mass is 9.86. The van der Waals surface area contributed by atoms with E-state index in [2.05, 4.69) is 25.4 Å². The molecule has 0 saturated carbocycles. The van der Waals surface area contributed by atoms with Crippen molar-refractivity contribution in [3.63, 3.8) is 0 Å². The Labute approximate surface area is 186 Å². The number of carbonyl (C=O) groups is 1. The molecular formula is C23H17F2N7O. The Morgan fingerprint density at radius 1 is 1.15 bits per heavy atom. The van der Waals surface area contributed by atoms with Crippen molar-refractivity contribution in [3.8, 4) is 17.6 Å². The molecule has 1 amide bonds. The molecule has 1 aliphatic rings. The fourth-order valence-corrected chi connectivity index (χ4v) is 3.93. The number of benzene rings is 1. The van der Waals surface area contributed by atoms with Gasteiger partial charge in [0.05, 0.1) is 23.0 Å². The molecule has 1 aliphatic heterocycles. The molecule has 0 unspecified atom stereocenters. The molecule has 4 heterocycles. The number of carbonyl (C=O) groups excluding carboxylic acids is 1. The fourth-order valence-electron chi connectivity index (χ4n) is 3.93. The minimum atomic E-state index is -0.976. The molecule has 0 aliphatic carbocycles. The van der Waals surface area contributed by atoms with Crippen molar-refractivity contribution in [1.82, 2.24) is 24.7 Å². The lowest BCUT2D eigenvalue weighted by Gasteiger charge is -2.15. The first kappa shape index (κ1) is 20.6. The van der Waals surface area contributed by atoms with Gasteiger partial charge in [0, 0.05) is 11.1 Å². The number of hydrogen-bond donors (Lipinski definition) is 1. The molecule has 4 aromatic rings. The topological polar surface area (TPSA) is 109 Å². The Kier molecular flexibility index (Phi) is 4.46. The third-order valence-electron chi connectivity index (χ3n) is 5.78. The highest BCUT2D eigenvalue weighted by Crippen LogP contribution is 2.39. The van der Waals surface area contributed by atoms with Crippen molar-refractivity contribution >= 4 is 22.8 Å². The number of halogens is 2. The van der Waals surface area contributed by atoms with Gasteiger partial charge in [-0.1, -0.05) is 18.2 Å². The lowest BCUT2D eigenvalue weighted by Crippen LogP contribution is -2.27. The van der Waals surface area contributed by atoms with Gasteiger partial charge >= 0.3 is 0 Å². The van der Waals surface area contributed by atoms with E-state index in [1.54, 1.807) is 32.0 Å². The molecule has 0 fully saturated rings. The quantitative estimate of drug-likeness (QED) is 0.516. The SMILES string of the molecule is Cc1nc2c(cc1F)c(-c1nc(C#N)c3c(n1)NC(=O)C3(C)C)nn2Cc1ccccc1F. The molecule has 8 nitrogen and oxygen atoms in total. The van der Waals surface area contributed by atoms with E-state index in [1.807, 2.05) is 6.07 Å². The van der Waals surface area contributed by atoms with E-state index in [0.717, 1.165) is 0 Å². The molecule has 33 heavy (non-hydrogen) atoms. The molecule has 0 bridgehead atoms. The Hall–Kier alpha value is -4.26. The number of nitriles is 1. The monoisotopic (exact) mass is 445 g/mol. The number of amides is 1. The number of nitrogens with one attached hydrogen (secondary N) is 1. The van der Waals surface area contributed by atoms with Crippen molar-refractivity contribution in [2.75, 3.05) is 5.32 Å². The van der Waals surface area contributed by atoms with Crippen molar-refractivity contribution in [3.05, 3.63) is 64.5 Å². The van der Waals surface area contributed by atoms with Crippen LogP contribution in [0.2, 0.25) is 0 Å². The van der Waals surface area contributed by atoms with E-state index in [0.29, 0.717) is 22.2 Å². The number of hydrogen-bond acceptors (Lipinski definition) is 6. The van der Waals surface area contributed by atoms with Crippen LogP contribution in [0.1, 0.15) is 36.4 Å². The highest BCUT2D eigenvalue weighted by atomic mass is 19.1. The maximum absolute atomic E-state index is 14.5. The number of aromatic nitrogens is 5. The molecule has 3 aromatic heterocycles. The van der Waals surface area contributed by atoms with Gasteiger partial charge in [0.15, 0.2) is 17.2 Å². The molecule has 1 aromatic carbocycles. The summed E-state index contributed by atoms with van der Waals surface area (Å²) in [6.45, 7) is 4.92. The second-order valence-electron chi connectivity index (χ2n) is 8.33. The van der Waals surface area contributed by atoms with Crippen LogP contribution >= 0.6 is 0 Å². The van der Waals surface area contributed by atoms with Crippen LogP contribution in [0, 0.1) is 29.9 Å². The first-order valence-electron chi connectivity index (χ1n) is 10.1. The molecular weight excluding hydrogens is 428 g/mol. The maximum atomic E-state index is 14.5. The minimum Gasteiger partial charge on any atom is -0.310 e. The summed E-state index contributed by atoms with van der Waals surface area (Å²) in [5, 5.41) is 17.2. The molecule has 0 atom stereocenters. The zero-order valence-electron chi connectivity index (χ0n) is 17.9. The number of aryl methyl sites for hydroxylation is 1. The fraction of sp³-hybridized carbons (Fsp3) is 0.217. The third kappa shape index (κ3) is 3.12. The van der Waals surface area contributed by atoms with Crippen LogP contribution in [-0.4, -0.2) is 30.6 Å². The minimum absolute atomic E-state index is 0.0238. The van der Waals surface area contributed by atoms with Crippen molar-refractivity contribution in [1.29, 1.82) is 5.26 Å².